The van der Waals surface area contributed by atoms with E-state index >= 15 is 0 Å². The Labute approximate surface area is 319 Å². The summed E-state index contributed by atoms with van der Waals surface area (Å²) in [6, 6.07) is 11.4. The van der Waals surface area contributed by atoms with Crippen molar-refractivity contribution in [2.24, 2.45) is 0 Å². The molecule has 2 unspecified atom stereocenters. The van der Waals surface area contributed by atoms with Crippen molar-refractivity contribution in [2.45, 2.75) is 42.7 Å². The molecule has 13 nitrogen and oxygen atoms in total. The number of hydrogen-bond acceptors (Lipinski definition) is 9. The first-order chi connectivity index (χ1) is 25.5. The van der Waals surface area contributed by atoms with Crippen LogP contribution in [-0.4, -0.2) is 123 Å². The van der Waals surface area contributed by atoms with E-state index in [1.54, 1.807) is 30.6 Å². The molecular weight excluding hydrogens is 725 g/mol. The number of urea groups is 1. The number of halogens is 2. The molecule has 0 aliphatic carbocycles. The van der Waals surface area contributed by atoms with Crippen molar-refractivity contribution in [3.05, 3.63) is 81.6 Å². The summed E-state index contributed by atoms with van der Waals surface area (Å²) >= 11 is 12.9. The third-order valence-corrected chi connectivity index (χ3v) is 11.7. The highest BCUT2D eigenvalue weighted by Crippen LogP contribution is 2.43. The maximum Gasteiger partial charge on any atom is 0.328 e. The Kier molecular flexibility index (Phi) is 11.9. The molecule has 4 heterocycles. The average molecular weight is 771 g/mol. The van der Waals surface area contributed by atoms with E-state index < -0.39 is 29.0 Å². The molecule has 0 saturated carbocycles. The van der Waals surface area contributed by atoms with Gasteiger partial charge in [-0.2, -0.15) is 0 Å². The van der Waals surface area contributed by atoms with Gasteiger partial charge in [-0.15, -0.1) is 0 Å². The first-order valence-corrected chi connectivity index (χ1v) is 18.4. The van der Waals surface area contributed by atoms with E-state index in [1.807, 2.05) is 29.2 Å². The number of carboxylic acid groups (broad SMARTS) is 1. The van der Waals surface area contributed by atoms with Gasteiger partial charge in [-0.25, -0.2) is 9.59 Å². The molecule has 0 bridgehead atoms. The summed E-state index contributed by atoms with van der Waals surface area (Å²) in [5, 5.41) is 13.9. The number of rotatable bonds is 11. The topological polar surface area (TPSA) is 143 Å². The molecule has 15 heteroatoms. The highest BCUT2D eigenvalue weighted by molar-refractivity contribution is 6.42. The number of carbonyl (C=O) groups excluding carboxylic acids is 2. The maximum absolute atomic E-state index is 14.0. The van der Waals surface area contributed by atoms with Crippen molar-refractivity contribution in [3.8, 4) is 17.2 Å². The van der Waals surface area contributed by atoms with Crippen LogP contribution in [0.25, 0.3) is 0 Å². The Bertz CT molecular complexity index is 1780. The molecule has 2 atom stereocenters. The number of nitrogens with zero attached hydrogens (tertiary/aromatic N) is 4. The second-order valence-corrected chi connectivity index (χ2v) is 14.6. The summed E-state index contributed by atoms with van der Waals surface area (Å²) in [6.07, 6.45) is 6.10. The molecule has 3 saturated heterocycles. The predicted molar refractivity (Wildman–Crippen MR) is 198 cm³/mol. The summed E-state index contributed by atoms with van der Waals surface area (Å²) in [5.74, 6) is -0.0265. The van der Waals surface area contributed by atoms with Crippen LogP contribution in [0.1, 0.15) is 47.2 Å². The van der Waals surface area contributed by atoms with Crippen molar-refractivity contribution in [2.75, 3.05) is 73.8 Å². The number of likely N-dealkylation sites (tertiary alicyclic amines) is 2. The zero-order valence-corrected chi connectivity index (χ0v) is 31.6. The lowest BCUT2D eigenvalue weighted by atomic mass is 9.76. The number of pyridine rings is 1. The maximum atomic E-state index is 14.0. The van der Waals surface area contributed by atoms with Crippen LogP contribution in [0.4, 0.5) is 4.79 Å². The zero-order valence-electron chi connectivity index (χ0n) is 30.1. The van der Waals surface area contributed by atoms with Gasteiger partial charge in [0.2, 0.25) is 5.75 Å². The van der Waals surface area contributed by atoms with Crippen molar-refractivity contribution in [3.63, 3.8) is 0 Å². The number of benzene rings is 2. The highest BCUT2D eigenvalue weighted by atomic mass is 35.5. The summed E-state index contributed by atoms with van der Waals surface area (Å²) in [5.41, 5.74) is 1.18. The number of carboxylic acids is 1. The molecule has 3 aromatic rings. The predicted octanol–water partition coefficient (Wildman–Crippen LogP) is 5.07. The average Bonchev–Trinajstić information content (AvgIpc) is 3.63. The lowest BCUT2D eigenvalue weighted by Crippen LogP contribution is -2.61. The van der Waals surface area contributed by atoms with Crippen molar-refractivity contribution in [1.82, 2.24) is 25.0 Å². The fraction of sp³-hybridized carbons (Fsp3) is 0.474. The van der Waals surface area contributed by atoms with Gasteiger partial charge in [-0.05, 0) is 73.7 Å². The quantitative estimate of drug-likeness (QED) is 0.271. The molecule has 2 N–H and O–H groups in total. The van der Waals surface area contributed by atoms with Gasteiger partial charge in [0.1, 0.15) is 0 Å². The molecule has 284 valence electrons. The summed E-state index contributed by atoms with van der Waals surface area (Å²) in [4.78, 5) is 49.6. The standard InChI is InChI=1S/C38H45Cl2N5O8/c1-50-31-19-25(20-32(51-2)33(31)52-3)34(46)44-16-9-37(24-44,26-6-7-28(39)29(40)21-26)8-13-43-14-10-38(11-15-43,27-5-4-12-41-22-27)42-36(49)45-17-18-53-23-30(45)35(47)48/h4-7,12,19-22,30H,8-11,13-18,23-24H2,1-3H3,(H,42,49)(H,47,48). The third-order valence-electron chi connectivity index (χ3n) is 10.9. The Morgan fingerprint density at radius 1 is 0.943 bits per heavy atom. The Hall–Kier alpha value is -4.30. The highest BCUT2D eigenvalue weighted by Gasteiger charge is 2.44. The number of ether oxygens (including phenoxy) is 4. The molecular formula is C38H45Cl2N5O8. The number of aromatic nitrogens is 1. The monoisotopic (exact) mass is 769 g/mol. The van der Waals surface area contributed by atoms with E-state index in [4.69, 9.17) is 42.1 Å². The lowest BCUT2D eigenvalue weighted by Gasteiger charge is -2.45. The summed E-state index contributed by atoms with van der Waals surface area (Å²) in [6.45, 7) is 3.48. The molecule has 53 heavy (non-hydrogen) atoms. The van der Waals surface area contributed by atoms with E-state index in [2.05, 4.69) is 15.2 Å². The minimum Gasteiger partial charge on any atom is -0.493 e. The second-order valence-electron chi connectivity index (χ2n) is 13.8. The van der Waals surface area contributed by atoms with Crippen LogP contribution in [0.3, 0.4) is 0 Å². The number of carbonyl (C=O) groups is 3. The minimum atomic E-state index is -1.10. The smallest absolute Gasteiger partial charge is 0.328 e. The number of aliphatic carboxylic acids is 1. The van der Waals surface area contributed by atoms with E-state index in [0.29, 0.717) is 71.9 Å². The van der Waals surface area contributed by atoms with Crippen molar-refractivity contribution >= 4 is 41.1 Å². The van der Waals surface area contributed by atoms with Crippen molar-refractivity contribution in [1.29, 1.82) is 0 Å². The van der Waals surface area contributed by atoms with E-state index in [0.717, 1.165) is 30.5 Å². The molecule has 6 rings (SSSR count). The minimum absolute atomic E-state index is 0.0531. The first-order valence-electron chi connectivity index (χ1n) is 17.6. The molecule has 2 aromatic carbocycles. The fourth-order valence-corrected chi connectivity index (χ4v) is 8.13. The van der Waals surface area contributed by atoms with Crippen LogP contribution in [0, 0.1) is 0 Å². The number of morpholine rings is 1. The van der Waals surface area contributed by atoms with Crippen LogP contribution in [-0.2, 0) is 20.5 Å². The Balaban J connectivity index is 1.20. The molecule has 0 radical (unpaired) electrons. The Morgan fingerprint density at radius 2 is 1.68 bits per heavy atom. The number of nitrogens with one attached hydrogen (secondary N) is 1. The van der Waals surface area contributed by atoms with E-state index in [9.17, 15) is 19.5 Å². The summed E-state index contributed by atoms with van der Waals surface area (Å²) < 4.78 is 21.9. The second kappa shape index (κ2) is 16.4. The van der Waals surface area contributed by atoms with Crippen molar-refractivity contribution < 1.29 is 38.4 Å². The third kappa shape index (κ3) is 7.98. The first kappa shape index (κ1) is 38.4. The van der Waals surface area contributed by atoms with Crippen LogP contribution in [0.2, 0.25) is 10.0 Å². The van der Waals surface area contributed by atoms with Gasteiger partial charge in [0, 0.05) is 56.1 Å². The summed E-state index contributed by atoms with van der Waals surface area (Å²) in [7, 11) is 4.56. The fourth-order valence-electron chi connectivity index (χ4n) is 7.83. The van der Waals surface area contributed by atoms with Gasteiger partial charge in [-0.1, -0.05) is 35.3 Å². The van der Waals surface area contributed by atoms with Gasteiger partial charge in [0.05, 0.1) is 50.1 Å². The molecule has 3 aliphatic rings. The largest absolute Gasteiger partial charge is 0.493 e. The Morgan fingerprint density at radius 3 is 2.30 bits per heavy atom. The van der Waals surface area contributed by atoms with Gasteiger partial charge < -0.3 is 44.1 Å². The van der Waals surface area contributed by atoms with Crippen LogP contribution in [0.15, 0.2) is 54.9 Å². The molecule has 3 aliphatic heterocycles. The van der Waals surface area contributed by atoms with Gasteiger partial charge in [0.15, 0.2) is 17.5 Å². The lowest BCUT2D eigenvalue weighted by molar-refractivity contribution is -0.147. The molecule has 3 amide bonds. The van der Waals surface area contributed by atoms with E-state index in [1.165, 1.54) is 26.2 Å². The number of hydrogen-bond donors (Lipinski definition) is 2. The normalized spacial score (nSPS) is 21.6. The van der Waals surface area contributed by atoms with Gasteiger partial charge in [-0.3, -0.25) is 9.78 Å². The van der Waals surface area contributed by atoms with E-state index in [-0.39, 0.29) is 25.7 Å². The molecule has 3 fully saturated rings. The number of amides is 3. The zero-order chi connectivity index (χ0) is 37.8. The number of piperidine rings is 1. The number of methoxy groups -OCH3 is 3. The SMILES string of the molecule is COc1cc(C(=O)N2CCC(CCN3CCC(NC(=O)N4CCOCC4C(=O)O)(c4cccnc4)CC3)(c3ccc(Cl)c(Cl)c3)C2)cc(OC)c1OC. The van der Waals surface area contributed by atoms with Crippen LogP contribution >= 0.6 is 23.2 Å². The van der Waals surface area contributed by atoms with Gasteiger partial charge >= 0.3 is 12.0 Å². The van der Waals surface area contributed by atoms with Crippen LogP contribution in [0.5, 0.6) is 17.2 Å². The molecule has 0 spiro atoms. The van der Waals surface area contributed by atoms with Crippen LogP contribution < -0.4 is 19.5 Å². The van der Waals surface area contributed by atoms with Gasteiger partial charge in [0.25, 0.3) is 5.91 Å². The molecule has 1 aromatic heterocycles.